The SMILES string of the molecule is CCOC(=O)C1CC[NH+](CC(=O)N(C)Cc2ccc(OC)c(OC)c2OC)CC1. The second kappa shape index (κ2) is 10.9. The van der Waals surface area contributed by atoms with Crippen molar-refractivity contribution < 1.29 is 33.4 Å². The van der Waals surface area contributed by atoms with E-state index in [0.717, 1.165) is 31.5 Å². The van der Waals surface area contributed by atoms with Crippen molar-refractivity contribution in [3.05, 3.63) is 17.7 Å². The van der Waals surface area contributed by atoms with Gasteiger partial charge in [0.1, 0.15) is 0 Å². The van der Waals surface area contributed by atoms with Crippen molar-refractivity contribution in [2.24, 2.45) is 5.92 Å². The van der Waals surface area contributed by atoms with E-state index in [1.165, 1.54) is 4.90 Å². The van der Waals surface area contributed by atoms with E-state index in [2.05, 4.69) is 0 Å². The van der Waals surface area contributed by atoms with Gasteiger partial charge in [-0.3, -0.25) is 9.59 Å². The zero-order valence-electron chi connectivity index (χ0n) is 18.1. The molecule has 1 aliphatic heterocycles. The third kappa shape index (κ3) is 5.76. The van der Waals surface area contributed by atoms with Gasteiger partial charge in [-0.1, -0.05) is 0 Å². The highest BCUT2D eigenvalue weighted by Crippen LogP contribution is 2.40. The first-order valence-electron chi connectivity index (χ1n) is 9.97. The van der Waals surface area contributed by atoms with E-state index in [0.29, 0.717) is 36.9 Å². The number of piperidine rings is 1. The maximum atomic E-state index is 12.7. The molecule has 8 nitrogen and oxygen atoms in total. The fraction of sp³-hybridized carbons (Fsp3) is 0.619. The van der Waals surface area contributed by atoms with E-state index in [4.69, 9.17) is 18.9 Å². The van der Waals surface area contributed by atoms with Crippen LogP contribution >= 0.6 is 0 Å². The van der Waals surface area contributed by atoms with Crippen molar-refractivity contribution in [2.75, 3.05) is 54.6 Å². The molecule has 1 amide bonds. The second-order valence-electron chi connectivity index (χ2n) is 7.20. The third-order valence-electron chi connectivity index (χ3n) is 5.33. The zero-order chi connectivity index (χ0) is 21.4. The van der Waals surface area contributed by atoms with E-state index in [9.17, 15) is 9.59 Å². The molecule has 29 heavy (non-hydrogen) atoms. The third-order valence-corrected chi connectivity index (χ3v) is 5.33. The van der Waals surface area contributed by atoms with E-state index < -0.39 is 0 Å². The Labute approximate surface area is 172 Å². The number of amides is 1. The second-order valence-corrected chi connectivity index (χ2v) is 7.20. The fourth-order valence-electron chi connectivity index (χ4n) is 3.68. The highest BCUT2D eigenvalue weighted by Gasteiger charge is 2.30. The fourth-order valence-corrected chi connectivity index (χ4v) is 3.68. The number of ether oxygens (including phenoxy) is 4. The van der Waals surface area contributed by atoms with Gasteiger partial charge in [-0.05, 0) is 19.1 Å². The van der Waals surface area contributed by atoms with E-state index in [1.54, 1.807) is 39.3 Å². The van der Waals surface area contributed by atoms with Crippen LogP contribution in [-0.2, 0) is 20.9 Å². The Balaban J connectivity index is 1.94. The smallest absolute Gasteiger partial charge is 0.309 e. The highest BCUT2D eigenvalue weighted by molar-refractivity contribution is 5.77. The number of rotatable bonds is 9. The number of quaternary nitrogens is 1. The Bertz CT molecular complexity index is 701. The summed E-state index contributed by atoms with van der Waals surface area (Å²) in [6.07, 6.45) is 1.52. The number of benzene rings is 1. The molecule has 1 saturated heterocycles. The number of likely N-dealkylation sites (N-methyl/N-ethyl adjacent to an activating group) is 1. The van der Waals surface area contributed by atoms with Gasteiger partial charge in [-0.2, -0.15) is 0 Å². The van der Waals surface area contributed by atoms with Gasteiger partial charge in [0, 0.05) is 32.0 Å². The van der Waals surface area contributed by atoms with Crippen LogP contribution in [0.25, 0.3) is 0 Å². The lowest BCUT2D eigenvalue weighted by molar-refractivity contribution is -0.898. The quantitative estimate of drug-likeness (QED) is 0.600. The molecule has 0 spiro atoms. The van der Waals surface area contributed by atoms with Crippen LogP contribution in [0.3, 0.4) is 0 Å². The van der Waals surface area contributed by atoms with Gasteiger partial charge in [0.15, 0.2) is 18.0 Å². The van der Waals surface area contributed by atoms with Crippen molar-refractivity contribution in [1.29, 1.82) is 0 Å². The summed E-state index contributed by atoms with van der Waals surface area (Å²) < 4.78 is 21.3. The van der Waals surface area contributed by atoms with Gasteiger partial charge in [0.25, 0.3) is 5.91 Å². The predicted octanol–water partition coefficient (Wildman–Crippen LogP) is 0.529. The van der Waals surface area contributed by atoms with E-state index in [-0.39, 0.29) is 17.8 Å². The lowest BCUT2D eigenvalue weighted by Crippen LogP contribution is -3.14. The number of esters is 1. The summed E-state index contributed by atoms with van der Waals surface area (Å²) >= 11 is 0. The normalized spacial score (nSPS) is 18.7. The number of methoxy groups -OCH3 is 3. The Kier molecular flexibility index (Phi) is 8.57. The van der Waals surface area contributed by atoms with Gasteiger partial charge in [-0.25, -0.2) is 0 Å². The van der Waals surface area contributed by atoms with Crippen LogP contribution in [0.1, 0.15) is 25.3 Å². The predicted molar refractivity (Wildman–Crippen MR) is 107 cm³/mol. The molecule has 1 N–H and O–H groups in total. The average molecular weight is 410 g/mol. The molecule has 0 radical (unpaired) electrons. The molecule has 2 rings (SSSR count). The largest absolute Gasteiger partial charge is 0.493 e. The number of hydrogen-bond acceptors (Lipinski definition) is 6. The van der Waals surface area contributed by atoms with Crippen LogP contribution in [0.2, 0.25) is 0 Å². The zero-order valence-corrected chi connectivity index (χ0v) is 18.1. The molecule has 162 valence electrons. The Morgan fingerprint density at radius 2 is 1.72 bits per heavy atom. The summed E-state index contributed by atoms with van der Waals surface area (Å²) in [5, 5.41) is 0. The van der Waals surface area contributed by atoms with Gasteiger partial charge in [-0.15, -0.1) is 0 Å². The number of nitrogens with one attached hydrogen (secondary N) is 1. The summed E-state index contributed by atoms with van der Waals surface area (Å²) in [4.78, 5) is 27.5. The standard InChI is InChI=1S/C21H32N2O6/c1-6-29-21(25)15-9-11-23(12-10-15)14-18(24)22(2)13-16-7-8-17(26-3)20(28-5)19(16)27-4/h7-8,15H,6,9-14H2,1-5H3/p+1. The topological polar surface area (TPSA) is 78.7 Å². The van der Waals surface area contributed by atoms with Gasteiger partial charge in [0.05, 0.1) is 46.9 Å². The van der Waals surface area contributed by atoms with Crippen LogP contribution in [0.15, 0.2) is 12.1 Å². The summed E-state index contributed by atoms with van der Waals surface area (Å²) in [7, 11) is 6.48. The van der Waals surface area contributed by atoms with Crippen molar-refractivity contribution in [3.8, 4) is 17.2 Å². The minimum absolute atomic E-state index is 0.0393. The molecule has 1 aliphatic rings. The molecule has 8 heteroatoms. The number of likely N-dealkylation sites (tertiary alicyclic amines) is 1. The summed E-state index contributed by atoms with van der Waals surface area (Å²) in [6, 6.07) is 3.68. The first-order chi connectivity index (χ1) is 13.9. The molecular formula is C21H33N2O6+. The van der Waals surface area contributed by atoms with Crippen molar-refractivity contribution in [3.63, 3.8) is 0 Å². The molecule has 0 unspecified atom stereocenters. The lowest BCUT2D eigenvalue weighted by atomic mass is 9.97. The van der Waals surface area contributed by atoms with Gasteiger partial charge < -0.3 is 28.7 Å². The summed E-state index contributed by atoms with van der Waals surface area (Å²) in [6.45, 7) is 4.63. The van der Waals surface area contributed by atoms with E-state index >= 15 is 0 Å². The molecule has 1 aromatic carbocycles. The van der Waals surface area contributed by atoms with Crippen LogP contribution in [0.5, 0.6) is 17.2 Å². The number of hydrogen-bond donors (Lipinski definition) is 1. The molecule has 1 fully saturated rings. The molecule has 0 bridgehead atoms. The maximum Gasteiger partial charge on any atom is 0.309 e. The van der Waals surface area contributed by atoms with Crippen molar-refractivity contribution >= 4 is 11.9 Å². The van der Waals surface area contributed by atoms with Crippen LogP contribution in [-0.4, -0.2) is 71.4 Å². The van der Waals surface area contributed by atoms with Crippen molar-refractivity contribution in [1.82, 2.24) is 4.90 Å². The molecule has 1 aromatic rings. The van der Waals surface area contributed by atoms with Gasteiger partial charge >= 0.3 is 5.97 Å². The first-order valence-corrected chi connectivity index (χ1v) is 9.97. The van der Waals surface area contributed by atoms with Crippen molar-refractivity contribution in [2.45, 2.75) is 26.3 Å². The molecule has 0 aliphatic carbocycles. The minimum Gasteiger partial charge on any atom is -0.493 e. The highest BCUT2D eigenvalue weighted by atomic mass is 16.5. The number of carbonyl (C=O) groups excluding carboxylic acids is 2. The molecule has 0 saturated carbocycles. The van der Waals surface area contributed by atoms with Gasteiger partial charge in [0.2, 0.25) is 5.75 Å². The number of nitrogens with zero attached hydrogens (tertiary/aromatic N) is 1. The monoisotopic (exact) mass is 409 g/mol. The molecular weight excluding hydrogens is 376 g/mol. The summed E-state index contributed by atoms with van der Waals surface area (Å²) in [5.74, 6) is 1.55. The van der Waals surface area contributed by atoms with Crippen LogP contribution in [0.4, 0.5) is 0 Å². The minimum atomic E-state index is -0.115. The number of carbonyl (C=O) groups is 2. The average Bonchev–Trinajstić information content (AvgIpc) is 2.73. The Hall–Kier alpha value is -2.48. The Morgan fingerprint density at radius 1 is 1.07 bits per heavy atom. The lowest BCUT2D eigenvalue weighted by Gasteiger charge is -2.29. The molecule has 0 atom stereocenters. The maximum absolute atomic E-state index is 12.7. The van der Waals surface area contributed by atoms with E-state index in [1.807, 2.05) is 13.0 Å². The Morgan fingerprint density at radius 3 is 2.28 bits per heavy atom. The van der Waals surface area contributed by atoms with Crippen LogP contribution < -0.4 is 19.1 Å². The molecule has 1 heterocycles. The van der Waals surface area contributed by atoms with Crippen LogP contribution in [0, 0.1) is 5.92 Å². The summed E-state index contributed by atoms with van der Waals surface area (Å²) in [5.41, 5.74) is 0.844. The molecule has 0 aromatic heterocycles. The first kappa shape index (κ1) is 22.8.